The second-order valence-corrected chi connectivity index (χ2v) is 3.48. The lowest BCUT2D eigenvalue weighted by atomic mass is 10.2. The fourth-order valence-electron chi connectivity index (χ4n) is 1.12. The number of rotatable bonds is 2. The van der Waals surface area contributed by atoms with E-state index in [0.29, 0.717) is 5.84 Å². The smallest absolute Gasteiger partial charge is 0.146 e. The van der Waals surface area contributed by atoms with Crippen molar-refractivity contribution in [2.24, 2.45) is 10.8 Å². The SMILES string of the molecule is CN=C(NN)c1ccc(Br)cc1OC. The Kier molecular flexibility index (Phi) is 3.91. The minimum atomic E-state index is 0.592. The number of methoxy groups -OCH3 is 1. The third-order valence-corrected chi connectivity index (χ3v) is 2.27. The van der Waals surface area contributed by atoms with Gasteiger partial charge >= 0.3 is 0 Å². The summed E-state index contributed by atoms with van der Waals surface area (Å²) in [6.07, 6.45) is 0. The standard InChI is InChI=1S/C9H12BrN3O/c1-12-9(13-11)7-4-3-6(10)5-8(7)14-2/h3-5H,11H2,1-2H3,(H,12,13). The number of nitrogens with one attached hydrogen (secondary N) is 1. The van der Waals surface area contributed by atoms with Crippen molar-refractivity contribution >= 4 is 21.8 Å². The number of nitrogens with zero attached hydrogens (tertiary/aromatic N) is 1. The molecule has 0 aliphatic heterocycles. The highest BCUT2D eigenvalue weighted by atomic mass is 79.9. The Morgan fingerprint density at radius 3 is 2.79 bits per heavy atom. The van der Waals surface area contributed by atoms with Gasteiger partial charge in [0.15, 0.2) is 0 Å². The van der Waals surface area contributed by atoms with E-state index in [2.05, 4.69) is 26.3 Å². The summed E-state index contributed by atoms with van der Waals surface area (Å²) in [6, 6.07) is 5.64. The van der Waals surface area contributed by atoms with Crippen molar-refractivity contribution in [2.75, 3.05) is 14.2 Å². The zero-order valence-electron chi connectivity index (χ0n) is 8.04. The van der Waals surface area contributed by atoms with Crippen LogP contribution in [-0.4, -0.2) is 20.0 Å². The first-order valence-corrected chi connectivity index (χ1v) is 4.79. The average Bonchev–Trinajstić information content (AvgIpc) is 2.21. The summed E-state index contributed by atoms with van der Waals surface area (Å²) in [5.74, 6) is 6.64. The van der Waals surface area contributed by atoms with E-state index in [4.69, 9.17) is 10.6 Å². The molecule has 1 aromatic rings. The molecule has 0 amide bonds. The van der Waals surface area contributed by atoms with Crippen LogP contribution in [0.5, 0.6) is 5.75 Å². The second-order valence-electron chi connectivity index (χ2n) is 2.56. The minimum absolute atomic E-state index is 0.592. The number of benzene rings is 1. The summed E-state index contributed by atoms with van der Waals surface area (Å²) >= 11 is 3.36. The van der Waals surface area contributed by atoms with Crippen LogP contribution in [-0.2, 0) is 0 Å². The van der Waals surface area contributed by atoms with Gasteiger partial charge in [-0.3, -0.25) is 4.99 Å². The molecule has 0 atom stereocenters. The Hall–Kier alpha value is -1.07. The maximum atomic E-state index is 5.33. The van der Waals surface area contributed by atoms with Gasteiger partial charge in [-0.25, -0.2) is 5.84 Å². The molecule has 0 aliphatic rings. The van der Waals surface area contributed by atoms with Crippen LogP contribution in [0.15, 0.2) is 27.7 Å². The lowest BCUT2D eigenvalue weighted by Gasteiger charge is -2.10. The molecule has 0 fully saturated rings. The van der Waals surface area contributed by atoms with Crippen molar-refractivity contribution in [2.45, 2.75) is 0 Å². The maximum absolute atomic E-state index is 5.33. The van der Waals surface area contributed by atoms with Gasteiger partial charge in [-0.1, -0.05) is 15.9 Å². The molecule has 0 heterocycles. The summed E-state index contributed by atoms with van der Waals surface area (Å²) in [4.78, 5) is 4.00. The molecular formula is C9H12BrN3O. The van der Waals surface area contributed by atoms with E-state index in [0.717, 1.165) is 15.8 Å². The summed E-state index contributed by atoms with van der Waals surface area (Å²) in [7, 11) is 3.27. The van der Waals surface area contributed by atoms with Crippen LogP contribution < -0.4 is 16.0 Å². The van der Waals surface area contributed by atoms with Crippen LogP contribution in [0.3, 0.4) is 0 Å². The molecule has 0 spiro atoms. The first-order valence-electron chi connectivity index (χ1n) is 4.00. The number of hydrogen-bond donors (Lipinski definition) is 2. The number of hydrogen-bond acceptors (Lipinski definition) is 3. The van der Waals surface area contributed by atoms with E-state index in [9.17, 15) is 0 Å². The lowest BCUT2D eigenvalue weighted by Crippen LogP contribution is -2.31. The van der Waals surface area contributed by atoms with Crippen molar-refractivity contribution in [1.29, 1.82) is 0 Å². The molecule has 0 saturated carbocycles. The Morgan fingerprint density at radius 1 is 1.57 bits per heavy atom. The van der Waals surface area contributed by atoms with E-state index in [-0.39, 0.29) is 0 Å². The summed E-state index contributed by atoms with van der Waals surface area (Å²) < 4.78 is 6.15. The fourth-order valence-corrected chi connectivity index (χ4v) is 1.46. The van der Waals surface area contributed by atoms with Gasteiger partial charge in [-0.05, 0) is 18.2 Å². The topological polar surface area (TPSA) is 59.6 Å². The molecule has 0 aromatic heterocycles. The molecule has 0 radical (unpaired) electrons. The highest BCUT2D eigenvalue weighted by Gasteiger charge is 2.08. The van der Waals surface area contributed by atoms with Crippen LogP contribution in [0.1, 0.15) is 5.56 Å². The molecule has 4 nitrogen and oxygen atoms in total. The van der Waals surface area contributed by atoms with Crippen LogP contribution in [0.2, 0.25) is 0 Å². The average molecular weight is 258 g/mol. The molecule has 0 saturated heterocycles. The van der Waals surface area contributed by atoms with Gasteiger partial charge in [0.2, 0.25) is 0 Å². The minimum Gasteiger partial charge on any atom is -0.496 e. The Labute approximate surface area is 91.3 Å². The number of amidine groups is 1. The van der Waals surface area contributed by atoms with Crippen LogP contribution in [0.25, 0.3) is 0 Å². The number of halogens is 1. The number of hydrazine groups is 1. The van der Waals surface area contributed by atoms with Gasteiger partial charge in [0.1, 0.15) is 11.6 Å². The predicted octanol–water partition coefficient (Wildman–Crippen LogP) is 1.30. The molecule has 5 heteroatoms. The Bertz CT molecular complexity index is 352. The van der Waals surface area contributed by atoms with Crippen molar-refractivity contribution < 1.29 is 4.74 Å². The van der Waals surface area contributed by atoms with Gasteiger partial charge in [-0.2, -0.15) is 0 Å². The van der Waals surface area contributed by atoms with Gasteiger partial charge < -0.3 is 10.2 Å². The second kappa shape index (κ2) is 4.97. The lowest BCUT2D eigenvalue weighted by molar-refractivity contribution is 0.413. The largest absolute Gasteiger partial charge is 0.496 e. The predicted molar refractivity (Wildman–Crippen MR) is 60.5 cm³/mol. The highest BCUT2D eigenvalue weighted by molar-refractivity contribution is 9.10. The highest BCUT2D eigenvalue weighted by Crippen LogP contribution is 2.23. The van der Waals surface area contributed by atoms with E-state index >= 15 is 0 Å². The number of ether oxygens (including phenoxy) is 1. The third-order valence-electron chi connectivity index (χ3n) is 1.78. The van der Waals surface area contributed by atoms with Crippen molar-refractivity contribution in [1.82, 2.24) is 5.43 Å². The molecule has 76 valence electrons. The zero-order valence-corrected chi connectivity index (χ0v) is 9.63. The molecule has 0 unspecified atom stereocenters. The molecular weight excluding hydrogens is 246 g/mol. The molecule has 0 aliphatic carbocycles. The monoisotopic (exact) mass is 257 g/mol. The zero-order chi connectivity index (χ0) is 10.6. The molecule has 1 rings (SSSR count). The molecule has 14 heavy (non-hydrogen) atoms. The van der Waals surface area contributed by atoms with Gasteiger partial charge in [-0.15, -0.1) is 0 Å². The maximum Gasteiger partial charge on any atom is 0.146 e. The fraction of sp³-hybridized carbons (Fsp3) is 0.222. The number of aliphatic imine (C=N–C) groups is 1. The van der Waals surface area contributed by atoms with Crippen molar-refractivity contribution in [3.8, 4) is 5.75 Å². The first kappa shape index (κ1) is 11.0. The Balaban J connectivity index is 3.20. The summed E-state index contributed by atoms with van der Waals surface area (Å²) in [6.45, 7) is 0. The number of nitrogens with two attached hydrogens (primary N) is 1. The van der Waals surface area contributed by atoms with Gasteiger partial charge in [0, 0.05) is 11.5 Å². The van der Waals surface area contributed by atoms with Gasteiger partial charge in [0.25, 0.3) is 0 Å². The van der Waals surface area contributed by atoms with Crippen LogP contribution in [0.4, 0.5) is 0 Å². The Morgan fingerprint density at radius 2 is 2.29 bits per heavy atom. The van der Waals surface area contributed by atoms with E-state index < -0.39 is 0 Å². The summed E-state index contributed by atoms with van der Waals surface area (Å²) in [5.41, 5.74) is 3.35. The molecule has 1 aromatic carbocycles. The van der Waals surface area contributed by atoms with E-state index in [1.165, 1.54) is 0 Å². The first-order chi connectivity index (χ1) is 6.72. The van der Waals surface area contributed by atoms with Crippen molar-refractivity contribution in [3.63, 3.8) is 0 Å². The van der Waals surface area contributed by atoms with Crippen LogP contribution in [0, 0.1) is 0 Å². The molecule has 0 bridgehead atoms. The third kappa shape index (κ3) is 2.24. The van der Waals surface area contributed by atoms with Crippen LogP contribution >= 0.6 is 15.9 Å². The van der Waals surface area contributed by atoms with Gasteiger partial charge in [0.05, 0.1) is 12.7 Å². The molecule has 3 N–H and O–H groups in total. The quantitative estimate of drug-likeness (QED) is 0.364. The van der Waals surface area contributed by atoms with E-state index in [1.54, 1.807) is 14.2 Å². The van der Waals surface area contributed by atoms with Crippen molar-refractivity contribution in [3.05, 3.63) is 28.2 Å². The normalized spacial score (nSPS) is 11.3. The summed E-state index contributed by atoms with van der Waals surface area (Å²) in [5, 5.41) is 0. The van der Waals surface area contributed by atoms with E-state index in [1.807, 2.05) is 18.2 Å².